The fraction of sp³-hybridized carbons (Fsp3) is 0.333. The van der Waals surface area contributed by atoms with E-state index < -0.39 is 17.7 Å². The van der Waals surface area contributed by atoms with Gasteiger partial charge in [-0.15, -0.1) is 11.3 Å². The van der Waals surface area contributed by atoms with Gasteiger partial charge in [0.2, 0.25) is 0 Å². The largest absolute Gasteiger partial charge is 0.391 e. The molecule has 3 N–H and O–H groups in total. The first-order chi connectivity index (χ1) is 17.3. The molecule has 2 saturated heterocycles. The van der Waals surface area contributed by atoms with Crippen LogP contribution in [-0.2, 0) is 0 Å². The van der Waals surface area contributed by atoms with E-state index in [0.717, 1.165) is 12.8 Å². The molecule has 6 nitrogen and oxygen atoms in total. The normalized spacial score (nSPS) is 20.0. The zero-order chi connectivity index (χ0) is 25.4. The van der Waals surface area contributed by atoms with Crippen LogP contribution in [0.25, 0.3) is 21.6 Å². The van der Waals surface area contributed by atoms with Gasteiger partial charge < -0.3 is 20.6 Å². The van der Waals surface area contributed by atoms with Crippen molar-refractivity contribution < 1.29 is 18.7 Å². The van der Waals surface area contributed by atoms with Gasteiger partial charge in [0.05, 0.1) is 22.2 Å². The number of piperidine rings is 1. The van der Waals surface area contributed by atoms with Gasteiger partial charge in [0, 0.05) is 42.7 Å². The molecule has 186 valence electrons. The van der Waals surface area contributed by atoms with E-state index in [0.29, 0.717) is 64.7 Å². The maximum atomic E-state index is 15.2. The minimum Gasteiger partial charge on any atom is -0.391 e. The Morgan fingerprint density at radius 3 is 2.50 bits per heavy atom. The van der Waals surface area contributed by atoms with Gasteiger partial charge in [-0.05, 0) is 60.7 Å². The third kappa shape index (κ3) is 4.72. The highest BCUT2D eigenvalue weighted by molar-refractivity contribution is 7.18. The number of aliphatic hydroxyl groups excluding tert-OH is 1. The molecular weight excluding hydrogens is 482 g/mol. The van der Waals surface area contributed by atoms with E-state index in [4.69, 9.17) is 11.0 Å². The average molecular weight is 509 g/mol. The van der Waals surface area contributed by atoms with Crippen LogP contribution in [0.5, 0.6) is 0 Å². The molecule has 2 atom stereocenters. The second-order valence-electron chi connectivity index (χ2n) is 9.37. The van der Waals surface area contributed by atoms with Gasteiger partial charge >= 0.3 is 0 Å². The zero-order valence-electron chi connectivity index (χ0n) is 19.6. The van der Waals surface area contributed by atoms with Crippen LogP contribution < -0.4 is 10.6 Å². The third-order valence-corrected chi connectivity index (χ3v) is 7.97. The second kappa shape index (κ2) is 9.97. The number of amides is 1. The minimum atomic E-state index is -0.656. The Morgan fingerprint density at radius 1 is 1.06 bits per heavy atom. The molecule has 3 aromatic rings. The molecule has 0 aliphatic carbocycles. The molecule has 0 radical (unpaired) electrons. The summed E-state index contributed by atoms with van der Waals surface area (Å²) in [6, 6.07) is 12.6. The molecule has 5 rings (SSSR count). The molecule has 2 aliphatic heterocycles. The SMILES string of the molecule is N#Cc1ccc(-c2cc(C(=O)N3CCC[C@@H](N)C3)sc2-c2ccc(N3CC[C@H](O)C3)c(F)c2)cc1F. The number of aliphatic hydroxyl groups is 1. The van der Waals surface area contributed by atoms with Gasteiger partial charge in [-0.2, -0.15) is 5.26 Å². The summed E-state index contributed by atoms with van der Waals surface area (Å²) < 4.78 is 29.7. The van der Waals surface area contributed by atoms with Crippen molar-refractivity contribution in [1.29, 1.82) is 5.26 Å². The molecule has 2 aromatic carbocycles. The Kier molecular flexibility index (Phi) is 6.75. The van der Waals surface area contributed by atoms with E-state index in [2.05, 4.69) is 0 Å². The Bertz CT molecular complexity index is 1350. The predicted molar refractivity (Wildman–Crippen MR) is 136 cm³/mol. The van der Waals surface area contributed by atoms with Crippen LogP contribution in [0, 0.1) is 23.0 Å². The van der Waals surface area contributed by atoms with Gasteiger partial charge in [-0.25, -0.2) is 8.78 Å². The van der Waals surface area contributed by atoms with Crippen LogP contribution in [-0.4, -0.2) is 54.2 Å². The quantitative estimate of drug-likeness (QED) is 0.546. The summed E-state index contributed by atoms with van der Waals surface area (Å²) in [5.74, 6) is -1.24. The summed E-state index contributed by atoms with van der Waals surface area (Å²) in [4.78, 5) is 18.0. The number of anilines is 1. The highest BCUT2D eigenvalue weighted by Crippen LogP contribution is 2.41. The van der Waals surface area contributed by atoms with Crippen LogP contribution in [0.4, 0.5) is 14.5 Å². The second-order valence-corrected chi connectivity index (χ2v) is 10.4. The lowest BCUT2D eigenvalue weighted by Gasteiger charge is -2.30. The number of β-amino-alcohol motifs (C(OH)–C–C–N with tert-alkyl or cyclic N) is 1. The molecule has 2 fully saturated rings. The number of hydrogen-bond donors (Lipinski definition) is 2. The van der Waals surface area contributed by atoms with Crippen LogP contribution >= 0.6 is 11.3 Å². The first kappa shape index (κ1) is 24.4. The summed E-state index contributed by atoms with van der Waals surface area (Å²) in [7, 11) is 0. The number of nitrogens with zero attached hydrogens (tertiary/aromatic N) is 3. The third-order valence-electron chi connectivity index (χ3n) is 6.80. The van der Waals surface area contributed by atoms with Crippen molar-refractivity contribution in [3.05, 3.63) is 64.5 Å². The van der Waals surface area contributed by atoms with Gasteiger partial charge in [-0.1, -0.05) is 12.1 Å². The Morgan fingerprint density at radius 2 is 1.83 bits per heavy atom. The van der Waals surface area contributed by atoms with E-state index in [-0.39, 0.29) is 17.5 Å². The highest BCUT2D eigenvalue weighted by atomic mass is 32.1. The van der Waals surface area contributed by atoms with Crippen molar-refractivity contribution in [3.63, 3.8) is 0 Å². The number of thiophene rings is 1. The molecule has 1 aromatic heterocycles. The molecular formula is C27H26F2N4O2S. The van der Waals surface area contributed by atoms with Crippen LogP contribution in [0.15, 0.2) is 42.5 Å². The van der Waals surface area contributed by atoms with E-state index in [1.54, 1.807) is 29.2 Å². The maximum absolute atomic E-state index is 15.2. The summed E-state index contributed by atoms with van der Waals surface area (Å²) in [5.41, 5.74) is 8.07. The number of carbonyl (C=O) groups is 1. The van der Waals surface area contributed by atoms with E-state index in [9.17, 15) is 14.3 Å². The minimum absolute atomic E-state index is 0.0695. The van der Waals surface area contributed by atoms with Crippen molar-refractivity contribution in [3.8, 4) is 27.6 Å². The fourth-order valence-corrected chi connectivity index (χ4v) is 6.06. The number of benzene rings is 2. The lowest BCUT2D eigenvalue weighted by Crippen LogP contribution is -2.45. The first-order valence-electron chi connectivity index (χ1n) is 12.0. The number of hydrogen-bond acceptors (Lipinski definition) is 6. The predicted octanol–water partition coefficient (Wildman–Crippen LogP) is 4.37. The van der Waals surface area contributed by atoms with Gasteiger partial charge in [-0.3, -0.25) is 4.79 Å². The number of likely N-dealkylation sites (tertiary alicyclic amines) is 1. The van der Waals surface area contributed by atoms with E-state index in [1.165, 1.54) is 29.5 Å². The van der Waals surface area contributed by atoms with E-state index >= 15 is 4.39 Å². The Hall–Kier alpha value is -3.32. The van der Waals surface area contributed by atoms with Crippen LogP contribution in [0.2, 0.25) is 0 Å². The molecule has 3 heterocycles. The van der Waals surface area contributed by atoms with Gasteiger partial charge in [0.15, 0.2) is 0 Å². The van der Waals surface area contributed by atoms with E-state index in [1.807, 2.05) is 11.0 Å². The molecule has 0 spiro atoms. The first-order valence-corrected chi connectivity index (χ1v) is 12.8. The zero-order valence-corrected chi connectivity index (χ0v) is 20.4. The number of nitrogens with two attached hydrogens (primary N) is 1. The molecule has 0 bridgehead atoms. The van der Waals surface area contributed by atoms with Crippen molar-refractivity contribution in [2.75, 3.05) is 31.1 Å². The topological polar surface area (TPSA) is 93.6 Å². The fourth-order valence-electron chi connectivity index (χ4n) is 4.91. The standard InChI is InChI=1S/C27H26F2N4O2S/c28-22-10-16(3-4-18(22)13-30)21-12-25(27(35)33-8-1-2-19(31)14-33)36-26(21)17-5-6-24(23(29)11-17)32-9-7-20(34)15-32/h3-6,10-12,19-20,34H,1-2,7-9,14-15,31H2/t19-,20+/m1/s1. The molecule has 9 heteroatoms. The average Bonchev–Trinajstić information content (AvgIpc) is 3.50. The van der Waals surface area contributed by atoms with Crippen LogP contribution in [0.1, 0.15) is 34.5 Å². The summed E-state index contributed by atoms with van der Waals surface area (Å²) in [6.07, 6.45) is 1.81. The van der Waals surface area contributed by atoms with Crippen molar-refractivity contribution in [2.45, 2.75) is 31.4 Å². The number of nitriles is 1. The lowest BCUT2D eigenvalue weighted by molar-refractivity contribution is 0.0713. The smallest absolute Gasteiger partial charge is 0.264 e. The Labute approximate surface area is 212 Å². The van der Waals surface area contributed by atoms with Crippen LogP contribution in [0.3, 0.4) is 0 Å². The maximum Gasteiger partial charge on any atom is 0.264 e. The Balaban J connectivity index is 1.56. The molecule has 2 aliphatic rings. The summed E-state index contributed by atoms with van der Waals surface area (Å²) >= 11 is 1.23. The van der Waals surface area contributed by atoms with Crippen molar-refractivity contribution in [1.82, 2.24) is 4.90 Å². The number of carbonyl (C=O) groups excluding carboxylic acids is 1. The number of halogens is 2. The van der Waals surface area contributed by atoms with Gasteiger partial charge in [0.1, 0.15) is 17.7 Å². The lowest BCUT2D eigenvalue weighted by atomic mass is 10.00. The molecule has 1 amide bonds. The molecule has 0 saturated carbocycles. The van der Waals surface area contributed by atoms with Crippen molar-refractivity contribution >= 4 is 22.9 Å². The molecule has 36 heavy (non-hydrogen) atoms. The van der Waals surface area contributed by atoms with Gasteiger partial charge in [0.25, 0.3) is 5.91 Å². The number of rotatable bonds is 4. The summed E-state index contributed by atoms with van der Waals surface area (Å²) in [6.45, 7) is 2.04. The van der Waals surface area contributed by atoms with Crippen molar-refractivity contribution in [2.24, 2.45) is 5.73 Å². The summed E-state index contributed by atoms with van der Waals surface area (Å²) in [5, 5.41) is 18.9. The monoisotopic (exact) mass is 508 g/mol. The molecule has 0 unspecified atom stereocenters. The highest BCUT2D eigenvalue weighted by Gasteiger charge is 2.27.